The van der Waals surface area contributed by atoms with Crippen molar-refractivity contribution in [3.05, 3.63) is 75.4 Å². The molecule has 9 nitrogen and oxygen atoms in total. The van der Waals surface area contributed by atoms with E-state index in [9.17, 15) is 10.1 Å². The maximum atomic E-state index is 10.9. The van der Waals surface area contributed by atoms with Gasteiger partial charge in [0.15, 0.2) is 5.60 Å². The number of hydrogen-bond acceptors (Lipinski definition) is 7. The molecule has 2 aliphatic heterocycles. The van der Waals surface area contributed by atoms with Gasteiger partial charge in [0.2, 0.25) is 0 Å². The van der Waals surface area contributed by atoms with Crippen LogP contribution in [-0.4, -0.2) is 46.4 Å². The van der Waals surface area contributed by atoms with Crippen molar-refractivity contribution in [2.75, 3.05) is 31.2 Å². The van der Waals surface area contributed by atoms with Crippen molar-refractivity contribution in [1.29, 1.82) is 0 Å². The molecule has 1 saturated heterocycles. The number of anilines is 1. The van der Waals surface area contributed by atoms with Crippen molar-refractivity contribution in [1.82, 2.24) is 9.55 Å². The molecule has 1 aromatic heterocycles. The zero-order valence-electron chi connectivity index (χ0n) is 20.1. The van der Waals surface area contributed by atoms with Gasteiger partial charge in [-0.15, -0.1) is 0 Å². The molecule has 0 unspecified atom stereocenters. The highest BCUT2D eigenvalue weighted by Crippen LogP contribution is 2.32. The molecule has 10 heteroatoms. The molecule has 3 heterocycles. The van der Waals surface area contributed by atoms with E-state index >= 15 is 0 Å². The van der Waals surface area contributed by atoms with Crippen LogP contribution in [0.15, 0.2) is 54.7 Å². The van der Waals surface area contributed by atoms with Crippen molar-refractivity contribution < 1.29 is 19.1 Å². The minimum Gasteiger partial charge on any atom is -0.489 e. The molecule has 1 atom stereocenters. The molecule has 0 spiro atoms. The van der Waals surface area contributed by atoms with E-state index in [1.807, 2.05) is 43.3 Å². The fraction of sp³-hybridized carbons (Fsp3) is 0.423. The van der Waals surface area contributed by atoms with E-state index in [1.54, 1.807) is 4.57 Å². The Kier molecular flexibility index (Phi) is 7.02. The smallest absolute Gasteiger partial charge is 0.415 e. The second kappa shape index (κ2) is 10.4. The zero-order valence-corrected chi connectivity index (χ0v) is 20.9. The normalized spacial score (nSPS) is 19.7. The van der Waals surface area contributed by atoms with Crippen LogP contribution in [0.5, 0.6) is 11.8 Å². The summed E-state index contributed by atoms with van der Waals surface area (Å²) in [6, 6.07) is 16.2. The molecule has 5 rings (SSSR count). The van der Waals surface area contributed by atoms with Crippen molar-refractivity contribution >= 4 is 23.1 Å². The van der Waals surface area contributed by atoms with Crippen LogP contribution in [0.3, 0.4) is 0 Å². The number of piperidine rings is 1. The summed E-state index contributed by atoms with van der Waals surface area (Å²) in [6.07, 6.45) is 3.58. The minimum atomic E-state index is -0.632. The fourth-order valence-electron chi connectivity index (χ4n) is 4.67. The average molecular weight is 513 g/mol. The standard InChI is InChI=1S/C26H29ClN4O5/c1-26(17-30-14-24(31(32)33)28-25(30)36-26)18-35-23-7-5-22(6-8-23)29-11-9-19(10-12-29)15-34-16-20-3-2-4-21(27)13-20/h2-8,13-14,19H,9-12,15-18H2,1H3/t26-/m1/s1. The topological polar surface area (TPSA) is 91.9 Å². The lowest BCUT2D eigenvalue weighted by molar-refractivity contribution is -0.389. The van der Waals surface area contributed by atoms with Gasteiger partial charge in [-0.05, 0) is 72.6 Å². The summed E-state index contributed by atoms with van der Waals surface area (Å²) in [5.41, 5.74) is 1.65. The van der Waals surface area contributed by atoms with E-state index < -0.39 is 10.5 Å². The van der Waals surface area contributed by atoms with Gasteiger partial charge >= 0.3 is 11.8 Å². The van der Waals surface area contributed by atoms with Crippen LogP contribution in [0, 0.1) is 16.0 Å². The maximum absolute atomic E-state index is 10.9. The molecule has 3 aromatic rings. The molecule has 36 heavy (non-hydrogen) atoms. The minimum absolute atomic E-state index is 0.210. The van der Waals surface area contributed by atoms with Crippen LogP contribution in [0.1, 0.15) is 25.3 Å². The molecule has 2 aliphatic rings. The van der Waals surface area contributed by atoms with Crippen molar-refractivity contribution in [2.45, 2.75) is 38.5 Å². The largest absolute Gasteiger partial charge is 0.489 e. The van der Waals surface area contributed by atoms with Gasteiger partial charge < -0.3 is 29.2 Å². The predicted octanol–water partition coefficient (Wildman–Crippen LogP) is 5.11. The Morgan fingerprint density at radius 3 is 2.69 bits per heavy atom. The summed E-state index contributed by atoms with van der Waals surface area (Å²) in [5.74, 6) is 1.10. The fourth-order valence-corrected chi connectivity index (χ4v) is 4.89. The molecule has 1 fully saturated rings. The summed E-state index contributed by atoms with van der Waals surface area (Å²) in [5, 5.41) is 11.6. The van der Waals surface area contributed by atoms with Crippen LogP contribution >= 0.6 is 11.6 Å². The lowest BCUT2D eigenvalue weighted by Crippen LogP contribution is -2.38. The number of aromatic nitrogens is 2. The van der Waals surface area contributed by atoms with Gasteiger partial charge in [-0.1, -0.05) is 23.7 Å². The Bertz CT molecular complexity index is 1180. The molecule has 0 saturated carbocycles. The number of nitro groups is 1. The number of ether oxygens (including phenoxy) is 3. The number of fused-ring (bicyclic) bond motifs is 1. The van der Waals surface area contributed by atoms with Gasteiger partial charge in [0.1, 0.15) is 18.6 Å². The lowest BCUT2D eigenvalue weighted by Gasteiger charge is -2.33. The lowest BCUT2D eigenvalue weighted by atomic mass is 9.97. The third kappa shape index (κ3) is 5.74. The Morgan fingerprint density at radius 2 is 2.00 bits per heavy atom. The van der Waals surface area contributed by atoms with E-state index in [2.05, 4.69) is 22.0 Å². The third-order valence-electron chi connectivity index (χ3n) is 6.63. The maximum Gasteiger partial charge on any atom is 0.415 e. The first-order chi connectivity index (χ1) is 17.4. The number of halogens is 1. The predicted molar refractivity (Wildman–Crippen MR) is 136 cm³/mol. The third-order valence-corrected chi connectivity index (χ3v) is 6.86. The summed E-state index contributed by atoms with van der Waals surface area (Å²) < 4.78 is 19.4. The van der Waals surface area contributed by atoms with Crippen LogP contribution in [0.25, 0.3) is 0 Å². The molecule has 0 aliphatic carbocycles. The Morgan fingerprint density at radius 1 is 1.22 bits per heavy atom. The summed E-state index contributed by atoms with van der Waals surface area (Å²) in [4.78, 5) is 16.7. The van der Waals surface area contributed by atoms with Gasteiger partial charge in [-0.25, -0.2) is 0 Å². The summed E-state index contributed by atoms with van der Waals surface area (Å²) in [6.45, 7) is 6.01. The van der Waals surface area contributed by atoms with Gasteiger partial charge in [-0.2, -0.15) is 0 Å². The van der Waals surface area contributed by atoms with Gasteiger partial charge in [-0.3, -0.25) is 4.57 Å². The number of rotatable bonds is 9. The summed E-state index contributed by atoms with van der Waals surface area (Å²) in [7, 11) is 0. The van der Waals surface area contributed by atoms with Crippen molar-refractivity contribution in [2.24, 2.45) is 5.92 Å². The highest BCUT2D eigenvalue weighted by atomic mass is 35.5. The Labute approximate surface area is 214 Å². The van der Waals surface area contributed by atoms with E-state index in [4.69, 9.17) is 25.8 Å². The molecular formula is C26H29ClN4O5. The Hall–Kier alpha value is -3.30. The number of nitrogens with zero attached hydrogens (tertiary/aromatic N) is 4. The highest BCUT2D eigenvalue weighted by molar-refractivity contribution is 6.30. The number of imidazole rings is 1. The molecule has 190 valence electrons. The van der Waals surface area contributed by atoms with E-state index in [-0.39, 0.29) is 11.8 Å². The SMILES string of the molecule is C[C@]1(COc2ccc(N3CCC(COCc4cccc(Cl)c4)CC3)cc2)Cn2cc([N+](=O)[O-])nc2O1. The molecule has 0 amide bonds. The van der Waals surface area contributed by atoms with Crippen LogP contribution in [0.2, 0.25) is 5.02 Å². The quantitative estimate of drug-likeness (QED) is 0.290. The molecule has 0 bridgehead atoms. The monoisotopic (exact) mass is 512 g/mol. The summed E-state index contributed by atoms with van der Waals surface area (Å²) >= 11 is 6.04. The zero-order chi connectivity index (χ0) is 25.1. The average Bonchev–Trinajstić information content (AvgIpc) is 3.39. The Balaban J connectivity index is 1.05. The number of benzene rings is 2. The molecular weight excluding hydrogens is 484 g/mol. The highest BCUT2D eigenvalue weighted by Gasteiger charge is 2.41. The van der Waals surface area contributed by atoms with E-state index in [1.165, 1.54) is 11.9 Å². The first-order valence-electron chi connectivity index (χ1n) is 12.1. The second-order valence-corrected chi connectivity index (χ2v) is 10.1. The molecule has 0 radical (unpaired) electrons. The van der Waals surface area contributed by atoms with Crippen LogP contribution < -0.4 is 14.4 Å². The van der Waals surface area contributed by atoms with E-state index in [0.29, 0.717) is 25.7 Å². The van der Waals surface area contributed by atoms with Crippen LogP contribution in [0.4, 0.5) is 11.5 Å². The van der Waals surface area contributed by atoms with E-state index in [0.717, 1.165) is 48.9 Å². The van der Waals surface area contributed by atoms with Crippen molar-refractivity contribution in [3.63, 3.8) is 0 Å². The van der Waals surface area contributed by atoms with Crippen molar-refractivity contribution in [3.8, 4) is 11.8 Å². The molecule has 0 N–H and O–H groups in total. The van der Waals surface area contributed by atoms with Gasteiger partial charge in [0.25, 0.3) is 0 Å². The van der Waals surface area contributed by atoms with Gasteiger partial charge in [0.05, 0.1) is 13.2 Å². The van der Waals surface area contributed by atoms with Crippen LogP contribution in [-0.2, 0) is 17.9 Å². The second-order valence-electron chi connectivity index (χ2n) is 9.68. The van der Waals surface area contributed by atoms with Gasteiger partial charge in [0, 0.05) is 35.4 Å². The molecule has 2 aromatic carbocycles. The first-order valence-corrected chi connectivity index (χ1v) is 12.5. The first kappa shape index (κ1) is 24.4. The number of hydrogen-bond donors (Lipinski definition) is 0.